The van der Waals surface area contributed by atoms with Gasteiger partial charge in [0, 0.05) is 29.5 Å². The molecule has 3 aromatic rings. The normalized spacial score (nSPS) is 11.2. The zero-order valence-electron chi connectivity index (χ0n) is 19.7. The van der Waals surface area contributed by atoms with Crippen molar-refractivity contribution in [2.45, 2.75) is 39.5 Å². The first kappa shape index (κ1) is 23.6. The fourth-order valence-electron chi connectivity index (χ4n) is 3.78. The van der Waals surface area contributed by atoms with Gasteiger partial charge in [0.25, 0.3) is 5.56 Å². The molecule has 0 aliphatic heterocycles. The third kappa shape index (κ3) is 5.79. The number of nitrogens with zero attached hydrogens (tertiary/aromatic N) is 2. The Morgan fingerprint density at radius 2 is 1.78 bits per heavy atom. The maximum absolute atomic E-state index is 12.5. The lowest BCUT2D eigenvalue weighted by molar-refractivity contribution is 0.286. The molecule has 0 saturated carbocycles. The first-order valence-electron chi connectivity index (χ1n) is 11.1. The zero-order chi connectivity index (χ0) is 23.1. The van der Waals surface area contributed by atoms with Crippen molar-refractivity contribution in [3.63, 3.8) is 0 Å². The van der Waals surface area contributed by atoms with Crippen LogP contribution in [0.1, 0.15) is 36.8 Å². The van der Waals surface area contributed by atoms with Crippen molar-refractivity contribution < 1.29 is 9.47 Å². The van der Waals surface area contributed by atoms with Gasteiger partial charge in [-0.3, -0.25) is 9.78 Å². The number of hydrogen-bond acceptors (Lipinski definition) is 6. The third-order valence-electron chi connectivity index (χ3n) is 5.49. The number of H-pyrrole nitrogens is 1. The summed E-state index contributed by atoms with van der Waals surface area (Å²) in [5.41, 5.74) is 4.12. The zero-order valence-corrected chi connectivity index (χ0v) is 19.7. The van der Waals surface area contributed by atoms with Crippen LogP contribution in [0.5, 0.6) is 11.5 Å². The minimum absolute atomic E-state index is 0.203. The van der Waals surface area contributed by atoms with Gasteiger partial charge in [0.1, 0.15) is 0 Å². The Balaban J connectivity index is 1.84. The lowest BCUT2D eigenvalue weighted by Crippen LogP contribution is -2.12. The average molecular weight is 439 g/mol. The second kappa shape index (κ2) is 11.0. The van der Waals surface area contributed by atoms with Crippen LogP contribution in [0.25, 0.3) is 10.9 Å². The van der Waals surface area contributed by atoms with Crippen LogP contribution >= 0.6 is 0 Å². The smallest absolute Gasteiger partial charge is 0.250 e. The first-order chi connectivity index (χ1) is 15.4. The summed E-state index contributed by atoms with van der Waals surface area (Å²) in [6.07, 6.45) is 8.02. The predicted octanol–water partition coefficient (Wildman–Crippen LogP) is 4.79. The molecule has 2 heterocycles. The van der Waals surface area contributed by atoms with Crippen molar-refractivity contribution >= 4 is 22.3 Å². The first-order valence-corrected chi connectivity index (χ1v) is 11.1. The molecule has 0 saturated heterocycles. The van der Waals surface area contributed by atoms with E-state index in [1.54, 1.807) is 25.6 Å². The number of pyridine rings is 2. The summed E-state index contributed by atoms with van der Waals surface area (Å²) in [5, 5.41) is 4.29. The van der Waals surface area contributed by atoms with Crippen LogP contribution in [0.3, 0.4) is 0 Å². The average Bonchev–Trinajstić information content (AvgIpc) is 2.75. The van der Waals surface area contributed by atoms with Gasteiger partial charge in [-0.05, 0) is 70.6 Å². The molecular formula is C25H34N4O3. The molecule has 1 aromatic carbocycles. The van der Waals surface area contributed by atoms with E-state index < -0.39 is 0 Å². The summed E-state index contributed by atoms with van der Waals surface area (Å²) in [7, 11) is 5.80. The van der Waals surface area contributed by atoms with E-state index in [0.717, 1.165) is 47.3 Å². The van der Waals surface area contributed by atoms with Crippen LogP contribution in [-0.4, -0.2) is 49.2 Å². The van der Waals surface area contributed by atoms with E-state index in [4.69, 9.17) is 9.47 Å². The molecule has 0 bridgehead atoms. The molecule has 7 nitrogen and oxygen atoms in total. The topological polar surface area (TPSA) is 79.5 Å². The Bertz CT molecular complexity index is 1090. The SMILES string of the molecule is COc1ccc2c(Nc3c(C)cncc3C)cc(=O)[nH]c2c1OCCCCCCN(C)C. The van der Waals surface area contributed by atoms with E-state index in [1.165, 1.54) is 12.8 Å². The maximum atomic E-state index is 12.5. The van der Waals surface area contributed by atoms with Crippen molar-refractivity contribution in [3.8, 4) is 11.5 Å². The van der Waals surface area contributed by atoms with Gasteiger partial charge < -0.3 is 24.7 Å². The summed E-state index contributed by atoms with van der Waals surface area (Å²) in [6.45, 7) is 5.66. The van der Waals surface area contributed by atoms with Crippen molar-refractivity contribution in [1.82, 2.24) is 14.9 Å². The molecule has 0 radical (unpaired) electrons. The number of rotatable bonds is 11. The molecule has 32 heavy (non-hydrogen) atoms. The van der Waals surface area contributed by atoms with E-state index in [9.17, 15) is 4.79 Å². The van der Waals surface area contributed by atoms with Gasteiger partial charge in [0.05, 0.1) is 24.9 Å². The van der Waals surface area contributed by atoms with Crippen LogP contribution in [0.4, 0.5) is 11.4 Å². The number of nitrogens with one attached hydrogen (secondary N) is 2. The number of unbranched alkanes of at least 4 members (excludes halogenated alkanes) is 3. The second-order valence-corrected chi connectivity index (χ2v) is 8.41. The largest absolute Gasteiger partial charge is 0.493 e. The molecule has 0 amide bonds. The minimum atomic E-state index is -0.203. The van der Waals surface area contributed by atoms with Gasteiger partial charge in [-0.1, -0.05) is 12.8 Å². The quantitative estimate of drug-likeness (QED) is 0.419. The van der Waals surface area contributed by atoms with E-state index in [1.807, 2.05) is 26.0 Å². The lowest BCUT2D eigenvalue weighted by atomic mass is 10.1. The summed E-state index contributed by atoms with van der Waals surface area (Å²) in [6, 6.07) is 5.39. The van der Waals surface area contributed by atoms with Crippen molar-refractivity contribution in [2.24, 2.45) is 0 Å². The third-order valence-corrected chi connectivity index (χ3v) is 5.49. The number of aromatic nitrogens is 2. The Morgan fingerprint density at radius 3 is 2.47 bits per heavy atom. The number of hydrogen-bond donors (Lipinski definition) is 2. The van der Waals surface area contributed by atoms with Gasteiger partial charge in [-0.2, -0.15) is 0 Å². The molecular weight excluding hydrogens is 404 g/mol. The fourth-order valence-corrected chi connectivity index (χ4v) is 3.78. The second-order valence-electron chi connectivity index (χ2n) is 8.41. The van der Waals surface area contributed by atoms with Gasteiger partial charge in [-0.25, -0.2) is 0 Å². The van der Waals surface area contributed by atoms with Crippen LogP contribution < -0.4 is 20.3 Å². The van der Waals surface area contributed by atoms with Gasteiger partial charge >= 0.3 is 0 Å². The number of methoxy groups -OCH3 is 1. The Labute approximate surface area is 189 Å². The molecule has 172 valence electrons. The Hall–Kier alpha value is -3.06. The summed E-state index contributed by atoms with van der Waals surface area (Å²) in [4.78, 5) is 21.9. The molecule has 0 unspecified atom stereocenters. The van der Waals surface area contributed by atoms with Crippen LogP contribution in [-0.2, 0) is 0 Å². The molecule has 0 fully saturated rings. The Morgan fingerprint density at radius 1 is 1.06 bits per heavy atom. The molecule has 0 aliphatic rings. The fraction of sp³-hybridized carbons (Fsp3) is 0.440. The van der Waals surface area contributed by atoms with E-state index in [0.29, 0.717) is 23.6 Å². The van der Waals surface area contributed by atoms with Crippen LogP contribution in [0.15, 0.2) is 35.4 Å². The van der Waals surface area contributed by atoms with Crippen molar-refractivity contribution in [2.75, 3.05) is 39.7 Å². The molecule has 0 aliphatic carbocycles. The van der Waals surface area contributed by atoms with Gasteiger partial charge in [0.15, 0.2) is 11.5 Å². The molecule has 7 heteroatoms. The highest BCUT2D eigenvalue weighted by molar-refractivity contribution is 5.97. The molecule has 3 rings (SSSR count). The van der Waals surface area contributed by atoms with E-state index >= 15 is 0 Å². The summed E-state index contributed by atoms with van der Waals surface area (Å²) >= 11 is 0. The lowest BCUT2D eigenvalue weighted by Gasteiger charge is -2.17. The predicted molar refractivity (Wildman–Crippen MR) is 131 cm³/mol. The van der Waals surface area contributed by atoms with Crippen LogP contribution in [0.2, 0.25) is 0 Å². The Kier molecular flexibility index (Phi) is 8.11. The number of ether oxygens (including phenoxy) is 2. The molecule has 0 spiro atoms. The number of aryl methyl sites for hydroxylation is 2. The maximum Gasteiger partial charge on any atom is 0.250 e. The number of aromatic amines is 1. The highest BCUT2D eigenvalue weighted by Gasteiger charge is 2.15. The van der Waals surface area contributed by atoms with E-state index in [-0.39, 0.29) is 5.56 Å². The van der Waals surface area contributed by atoms with Crippen molar-refractivity contribution in [3.05, 3.63) is 52.1 Å². The molecule has 2 N–H and O–H groups in total. The number of anilines is 2. The summed E-state index contributed by atoms with van der Waals surface area (Å²) < 4.78 is 11.7. The monoisotopic (exact) mass is 438 g/mol. The standard InChI is InChI=1S/C25H34N4O3/c1-17-15-26-16-18(2)23(17)27-20-14-22(30)28-24-19(20)10-11-21(31-5)25(24)32-13-9-7-6-8-12-29(3)4/h10-11,14-16H,6-9,12-13H2,1-5H3,(H2,26,27,28,30). The molecule has 0 atom stereocenters. The summed E-state index contributed by atoms with van der Waals surface area (Å²) in [5.74, 6) is 1.18. The van der Waals surface area contributed by atoms with Crippen LogP contribution in [0, 0.1) is 13.8 Å². The van der Waals surface area contributed by atoms with E-state index in [2.05, 4.69) is 34.3 Å². The van der Waals surface area contributed by atoms with Gasteiger partial charge in [-0.15, -0.1) is 0 Å². The molecule has 2 aromatic heterocycles. The highest BCUT2D eigenvalue weighted by atomic mass is 16.5. The number of benzene rings is 1. The van der Waals surface area contributed by atoms with Gasteiger partial charge in [0.2, 0.25) is 0 Å². The highest BCUT2D eigenvalue weighted by Crippen LogP contribution is 2.37. The van der Waals surface area contributed by atoms with Crippen molar-refractivity contribution in [1.29, 1.82) is 0 Å². The number of fused-ring (bicyclic) bond motifs is 1. The minimum Gasteiger partial charge on any atom is -0.493 e.